The van der Waals surface area contributed by atoms with Gasteiger partial charge < -0.3 is 53.7 Å². The van der Waals surface area contributed by atoms with Gasteiger partial charge in [-0.15, -0.1) is 20.5 Å². The van der Waals surface area contributed by atoms with E-state index in [0.717, 1.165) is 41.3 Å². The molecular weight excluding hydrogens is 1170 g/mol. The average Bonchev–Trinajstić information content (AvgIpc) is 3.25. The van der Waals surface area contributed by atoms with Crippen LogP contribution in [0.3, 0.4) is 0 Å². The molecule has 0 saturated carbocycles. The van der Waals surface area contributed by atoms with E-state index in [0.29, 0.717) is 6.07 Å². The molecular formula is C35H38ClCuN10Na2O19PS4. The largest absolute Gasteiger partial charge is 1.00 e. The maximum absolute atomic E-state index is 13.1. The topological polar surface area (TPSA) is 435 Å². The molecule has 6 N–H and O–H groups in total. The number of sulfone groups is 1. The fourth-order valence-corrected chi connectivity index (χ4v) is 9.79. The number of likely N-dealkylation sites (N-methyl/N-ethyl adjacent to an activating group) is 1. The number of benzene rings is 4. The van der Waals surface area contributed by atoms with Crippen molar-refractivity contribution in [3.63, 3.8) is 0 Å². The summed E-state index contributed by atoms with van der Waals surface area (Å²) in [7, 11) is -19.5. The normalized spacial score (nSPS) is 12.4. The summed E-state index contributed by atoms with van der Waals surface area (Å²) in [6.45, 7) is -0.637. The molecule has 4 aromatic carbocycles. The maximum Gasteiger partial charge on any atom is 1.00 e. The number of phenols is 2. The van der Waals surface area contributed by atoms with E-state index in [1.165, 1.54) is 27.3 Å². The van der Waals surface area contributed by atoms with Crippen LogP contribution in [0.5, 0.6) is 23.0 Å². The second-order valence-electron chi connectivity index (χ2n) is 14.2. The number of halogens is 1. The third kappa shape index (κ3) is 17.9. The Balaban J connectivity index is 0.00000608. The fraction of sp³-hybridized carbons (Fsp3) is 0.286. The number of phenolic OH excluding ortho intramolecular Hbond substituents is 2. The summed E-state index contributed by atoms with van der Waals surface area (Å²) >= 11 is 6.16. The number of methoxy groups -OCH3 is 2. The van der Waals surface area contributed by atoms with Crippen molar-refractivity contribution in [3.8, 4) is 23.0 Å². The molecule has 0 saturated heterocycles. The second-order valence-corrected chi connectivity index (χ2v) is 22.2. The Morgan fingerprint density at radius 2 is 1.33 bits per heavy atom. The number of azo groups is 2. The van der Waals surface area contributed by atoms with Crippen molar-refractivity contribution in [3.05, 3.63) is 53.8 Å². The molecule has 0 amide bonds. The summed E-state index contributed by atoms with van der Waals surface area (Å²) in [6.07, 6.45) is 0. The van der Waals surface area contributed by atoms with Crippen molar-refractivity contribution >= 4 is 111 Å². The predicted molar refractivity (Wildman–Crippen MR) is 242 cm³/mol. The first kappa shape index (κ1) is 65.8. The van der Waals surface area contributed by atoms with E-state index >= 15 is 0 Å². The Hall–Kier alpha value is -3.29. The second kappa shape index (κ2) is 26.7. The molecule has 0 atom stereocenters. The molecule has 5 rings (SSSR count). The Bertz CT molecular complexity index is 3420. The van der Waals surface area contributed by atoms with Gasteiger partial charge in [0.2, 0.25) is 17.2 Å². The van der Waals surface area contributed by atoms with Crippen LogP contribution in [0.2, 0.25) is 5.28 Å². The van der Waals surface area contributed by atoms with Gasteiger partial charge in [0.05, 0.1) is 50.7 Å². The van der Waals surface area contributed by atoms with E-state index in [1.54, 1.807) is 11.9 Å². The minimum absolute atomic E-state index is 0. The van der Waals surface area contributed by atoms with Crippen LogP contribution in [0.25, 0.3) is 10.8 Å². The van der Waals surface area contributed by atoms with Gasteiger partial charge in [0.25, 0.3) is 30.4 Å². The zero-order valence-electron chi connectivity index (χ0n) is 38.6. The van der Waals surface area contributed by atoms with Gasteiger partial charge in [0, 0.05) is 66.7 Å². The van der Waals surface area contributed by atoms with Gasteiger partial charge in [-0.3, -0.25) is 13.7 Å². The first-order valence-electron chi connectivity index (χ1n) is 19.0. The van der Waals surface area contributed by atoms with Crippen LogP contribution < -0.4 is 88.6 Å². The summed E-state index contributed by atoms with van der Waals surface area (Å²) in [5, 5.41) is 38.6. The van der Waals surface area contributed by atoms with Crippen molar-refractivity contribution in [2.24, 2.45) is 20.5 Å². The number of phosphoric acid groups is 1. The molecule has 0 fully saturated rings. The first-order chi connectivity index (χ1) is 32.4. The van der Waals surface area contributed by atoms with E-state index < -0.39 is 125 Å². The summed E-state index contributed by atoms with van der Waals surface area (Å²) in [5.41, 5.74) is -2.46. The molecule has 0 aliphatic carbocycles. The monoisotopic (exact) mass is 1200 g/mol. The molecule has 1 radical (unpaired) electrons. The van der Waals surface area contributed by atoms with Gasteiger partial charge in [-0.1, -0.05) is 0 Å². The molecule has 29 nitrogen and oxygen atoms in total. The Kier molecular flexibility index (Phi) is 24.0. The minimum Gasteiger partial charge on any atom is -0.790 e. The van der Waals surface area contributed by atoms with Gasteiger partial charge in [-0.2, -0.15) is 40.2 Å². The van der Waals surface area contributed by atoms with E-state index in [-0.39, 0.29) is 131 Å². The number of nitrogens with one attached hydrogen (secondary N) is 1. The Morgan fingerprint density at radius 3 is 1.88 bits per heavy atom. The maximum atomic E-state index is 13.1. The number of hydrogen-bond donors (Lipinski definition) is 6. The van der Waals surface area contributed by atoms with Crippen LogP contribution >= 0.6 is 19.4 Å². The predicted octanol–water partition coefficient (Wildman–Crippen LogP) is -2.95. The number of anilines is 3. The van der Waals surface area contributed by atoms with Gasteiger partial charge in [0.15, 0.2) is 27.1 Å². The number of ether oxygens (including phenoxy) is 2. The van der Waals surface area contributed by atoms with E-state index in [2.05, 4.69) is 45.2 Å². The van der Waals surface area contributed by atoms with Gasteiger partial charge in [0.1, 0.15) is 38.3 Å². The van der Waals surface area contributed by atoms with E-state index in [4.69, 9.17) is 21.1 Å². The molecule has 0 unspecified atom stereocenters. The Morgan fingerprint density at radius 1 is 0.740 bits per heavy atom. The molecule has 0 spiro atoms. The van der Waals surface area contributed by atoms with Crippen molar-refractivity contribution in [2.75, 3.05) is 76.3 Å². The molecule has 0 aliphatic heterocycles. The number of rotatable bonds is 22. The van der Waals surface area contributed by atoms with Gasteiger partial charge >= 0.3 is 59.1 Å². The van der Waals surface area contributed by atoms with E-state index in [1.807, 2.05) is 0 Å². The van der Waals surface area contributed by atoms with Crippen molar-refractivity contribution in [1.29, 1.82) is 0 Å². The standard InChI is InChI=1S/C35H40ClN10O19PS4.Cu.2Na/c1-45(11-13-67(52,53)14-12-65-66(49,50)51)10-9-37-34-38-33(36)39-35(40-34)46(2)25-7-6-20-21(32(25)70(60,61)62)16-29(69(57,58)59)30(31(20)48)44-42-23-18-28(64-4)27(63-3)17-22(23)41-43-24-15-19(68(54,55)56)5-8-26(24)47;;;/h5-8,15-18,47-48H,9-14H2,1-4H3,(H2,49,50,51)(H,54,55,56)(H,57,58,59)(H,60,61,62)(H,37,38,39,40);;;/q;;2*+1/p-2. The molecule has 1 aromatic heterocycles. The van der Waals surface area contributed by atoms with Crippen molar-refractivity contribution in [1.82, 2.24) is 19.9 Å². The van der Waals surface area contributed by atoms with Crippen molar-refractivity contribution < 1.29 is 162 Å². The summed E-state index contributed by atoms with van der Waals surface area (Å²) < 4.78 is 155. The average molecular weight is 1210 g/mol. The zero-order chi connectivity index (χ0) is 52.1. The van der Waals surface area contributed by atoms with Crippen LogP contribution in [0.15, 0.2) is 83.7 Å². The van der Waals surface area contributed by atoms with Crippen LogP contribution in [-0.2, 0) is 66.3 Å². The summed E-state index contributed by atoms with van der Waals surface area (Å²) in [6, 6.07) is 7.61. The van der Waals surface area contributed by atoms with Gasteiger partial charge in [-0.25, -0.2) is 8.42 Å². The number of nitrogens with zero attached hydrogens (tertiary/aromatic N) is 9. The molecule has 0 bridgehead atoms. The molecule has 73 heavy (non-hydrogen) atoms. The third-order valence-corrected chi connectivity index (χ3v) is 14.3. The molecule has 391 valence electrons. The van der Waals surface area contributed by atoms with Crippen LogP contribution in [0.1, 0.15) is 0 Å². The molecule has 38 heteroatoms. The minimum atomic E-state index is -5.46. The van der Waals surface area contributed by atoms with Gasteiger partial charge in [-0.05, 0) is 55.0 Å². The number of aromatic nitrogens is 3. The number of phosphoric ester groups is 1. The number of fused-ring (bicyclic) bond motifs is 1. The van der Waals surface area contributed by atoms with Crippen molar-refractivity contribution in [2.45, 2.75) is 14.7 Å². The third-order valence-electron chi connectivity index (χ3n) is 9.41. The van der Waals surface area contributed by atoms with E-state index in [9.17, 15) is 71.9 Å². The number of aromatic hydroxyl groups is 2. The summed E-state index contributed by atoms with van der Waals surface area (Å²) in [4.78, 5) is 33.0. The zero-order valence-corrected chi connectivity index (χ0v) is 48.5. The Labute approximate surface area is 476 Å². The number of hydrogen-bond acceptors (Lipinski definition) is 26. The summed E-state index contributed by atoms with van der Waals surface area (Å²) in [5.74, 6) is -3.33. The quantitative estimate of drug-likeness (QED) is 0.0175. The molecule has 1 heterocycles. The van der Waals surface area contributed by atoms with Crippen LogP contribution in [-0.4, -0.2) is 143 Å². The smallest absolute Gasteiger partial charge is 0.790 e. The SMILES string of the molecule is COc1cc(N=Nc2cc(S(=O)(=O)O)ccc2O)c(N=Nc2c(S(=O)(=O)O)cc3c(S(=O)(=O)O)c(N(C)c4nc(Cl)nc(NCCN(C)CCS(=O)(=O)CCOP(=O)([O-])[O-])n4)ccc3c2O)cc1OC.[Cu].[Na+].[Na+]. The molecule has 5 aromatic rings. The fourth-order valence-electron chi connectivity index (χ4n) is 6.00. The van der Waals surface area contributed by atoms with Crippen LogP contribution in [0, 0.1) is 0 Å². The first-order valence-corrected chi connectivity index (χ1v) is 27.0. The molecule has 0 aliphatic rings. The van der Waals surface area contributed by atoms with Crippen LogP contribution in [0.4, 0.5) is 40.3 Å².